The summed E-state index contributed by atoms with van der Waals surface area (Å²) in [5, 5.41) is 8.08. The minimum absolute atomic E-state index is 0.637. The Labute approximate surface area is 183 Å². The second kappa shape index (κ2) is 7.72. The van der Waals surface area contributed by atoms with E-state index in [0.29, 0.717) is 23.7 Å². The summed E-state index contributed by atoms with van der Waals surface area (Å²) >= 11 is 0. The van der Waals surface area contributed by atoms with Crippen molar-refractivity contribution in [3.05, 3.63) is 48.5 Å². The van der Waals surface area contributed by atoms with Crippen LogP contribution >= 0.6 is 0 Å². The fraction of sp³-hybridized carbons (Fsp3) is 0.273. The molecule has 0 atom stereocenters. The first kappa shape index (κ1) is 19.6. The highest BCUT2D eigenvalue weighted by molar-refractivity contribution is 6.32. The summed E-state index contributed by atoms with van der Waals surface area (Å²) < 4.78 is 9.38. The summed E-state index contributed by atoms with van der Waals surface area (Å²) in [6, 6.07) is 9.57. The number of aromatic nitrogens is 6. The van der Waals surface area contributed by atoms with Crippen molar-refractivity contribution in [2.24, 2.45) is 13.0 Å². The van der Waals surface area contributed by atoms with Gasteiger partial charge in [-0.15, -0.1) is 5.10 Å². The van der Waals surface area contributed by atoms with Crippen LogP contribution in [0.25, 0.3) is 33.9 Å². The van der Waals surface area contributed by atoms with Crippen LogP contribution in [-0.4, -0.2) is 51.9 Å². The Balaban J connectivity index is 1.59. The highest BCUT2D eigenvalue weighted by Crippen LogP contribution is 2.37. The lowest BCUT2D eigenvalue weighted by Crippen LogP contribution is -2.07. The van der Waals surface area contributed by atoms with Gasteiger partial charge in [0.05, 0.1) is 24.3 Å². The van der Waals surface area contributed by atoms with Crippen molar-refractivity contribution in [2.75, 3.05) is 6.61 Å². The summed E-state index contributed by atoms with van der Waals surface area (Å²) in [5.74, 6) is 1.40. The normalized spacial score (nSPS) is 13.5. The van der Waals surface area contributed by atoms with Crippen LogP contribution in [0.5, 0.6) is 5.75 Å². The Hall–Kier alpha value is -3.35. The average molecular weight is 406 g/mol. The molecule has 3 aromatic heterocycles. The summed E-state index contributed by atoms with van der Waals surface area (Å²) in [5.41, 5.74) is 6.34. The summed E-state index contributed by atoms with van der Waals surface area (Å²) in [7, 11) is 13.8. The van der Waals surface area contributed by atoms with Crippen LogP contribution in [0.2, 0.25) is 0 Å². The minimum atomic E-state index is 0.637. The first-order valence-electron chi connectivity index (χ1n) is 10.2. The van der Waals surface area contributed by atoms with Crippen LogP contribution < -0.4 is 10.2 Å². The molecule has 4 radical (unpaired) electrons. The smallest absolute Gasteiger partial charge is 0.267 e. The van der Waals surface area contributed by atoms with Gasteiger partial charge in [0, 0.05) is 30.1 Å². The zero-order chi connectivity index (χ0) is 21.5. The van der Waals surface area contributed by atoms with Crippen LogP contribution in [-0.2, 0) is 7.05 Å². The number of benzene rings is 1. The van der Waals surface area contributed by atoms with E-state index in [4.69, 9.17) is 20.6 Å². The minimum Gasteiger partial charge on any atom is -0.493 e. The van der Waals surface area contributed by atoms with Gasteiger partial charge >= 0.3 is 0 Å². The molecule has 150 valence electrons. The van der Waals surface area contributed by atoms with Crippen LogP contribution in [0.3, 0.4) is 0 Å². The SMILES string of the molecule is [B]c1ccc(-c2c(-c3cc(-c4nnn([B])c4C)ccn3)ncn2C)c(OCC2CC2)c1. The lowest BCUT2D eigenvalue weighted by atomic mass is 9.93. The van der Waals surface area contributed by atoms with E-state index < -0.39 is 0 Å². The van der Waals surface area contributed by atoms with Gasteiger partial charge in [-0.2, -0.15) is 0 Å². The maximum absolute atomic E-state index is 6.15. The molecule has 5 rings (SSSR count). The summed E-state index contributed by atoms with van der Waals surface area (Å²) in [6.45, 7) is 2.57. The van der Waals surface area contributed by atoms with E-state index >= 15 is 0 Å². The van der Waals surface area contributed by atoms with Gasteiger partial charge in [-0.3, -0.25) is 4.98 Å². The fourth-order valence-corrected chi connectivity index (χ4v) is 3.60. The zero-order valence-electron chi connectivity index (χ0n) is 17.5. The van der Waals surface area contributed by atoms with Gasteiger partial charge in [0.15, 0.2) is 0 Å². The summed E-state index contributed by atoms with van der Waals surface area (Å²) in [4.78, 5) is 9.22. The Morgan fingerprint density at radius 2 is 1.97 bits per heavy atom. The van der Waals surface area contributed by atoms with Crippen molar-refractivity contribution in [1.29, 1.82) is 0 Å². The van der Waals surface area contributed by atoms with Crippen LogP contribution in [0.1, 0.15) is 18.5 Å². The molecule has 4 aromatic rings. The molecular formula is C22H20B2N6O. The Morgan fingerprint density at radius 3 is 2.71 bits per heavy atom. The molecule has 0 amide bonds. The standard InChI is InChI=1S/C22H20B2N6O/c1-13-20(27-28-30(13)24)15-7-8-25-18(9-15)21-22(29(2)12-26-21)17-6-5-16(23)10-19(17)31-11-14-3-4-14/h5-10,12,14H,3-4,11H2,1-2H3. The van der Waals surface area contributed by atoms with Gasteiger partial charge in [0.1, 0.15) is 25.0 Å². The summed E-state index contributed by atoms with van der Waals surface area (Å²) in [6.07, 6.45) is 5.96. The third-order valence-corrected chi connectivity index (χ3v) is 5.57. The molecule has 7 nitrogen and oxygen atoms in total. The first-order chi connectivity index (χ1) is 15.0. The Morgan fingerprint density at radius 1 is 1.13 bits per heavy atom. The van der Waals surface area contributed by atoms with Crippen molar-refractivity contribution < 1.29 is 4.74 Å². The van der Waals surface area contributed by atoms with E-state index in [0.717, 1.165) is 39.7 Å². The van der Waals surface area contributed by atoms with E-state index in [2.05, 4.69) is 20.3 Å². The molecule has 0 aliphatic heterocycles. The molecule has 1 aliphatic rings. The van der Waals surface area contributed by atoms with E-state index in [1.54, 1.807) is 12.5 Å². The average Bonchev–Trinajstić information content (AvgIpc) is 3.44. The highest BCUT2D eigenvalue weighted by atomic mass is 16.5. The quantitative estimate of drug-likeness (QED) is 0.460. The second-order valence-electron chi connectivity index (χ2n) is 7.96. The fourth-order valence-electron chi connectivity index (χ4n) is 3.60. The molecule has 1 saturated carbocycles. The predicted molar refractivity (Wildman–Crippen MR) is 120 cm³/mol. The van der Waals surface area contributed by atoms with Crippen LogP contribution in [0.15, 0.2) is 42.9 Å². The molecule has 1 aliphatic carbocycles. The highest BCUT2D eigenvalue weighted by Gasteiger charge is 2.24. The van der Waals surface area contributed by atoms with E-state index in [1.165, 1.54) is 17.4 Å². The van der Waals surface area contributed by atoms with Crippen molar-refractivity contribution in [1.82, 2.24) is 29.4 Å². The van der Waals surface area contributed by atoms with Crippen molar-refractivity contribution in [2.45, 2.75) is 19.8 Å². The third-order valence-electron chi connectivity index (χ3n) is 5.57. The molecule has 3 heterocycles. The van der Waals surface area contributed by atoms with Gasteiger partial charge in [-0.25, -0.2) is 4.98 Å². The van der Waals surface area contributed by atoms with E-state index in [1.807, 2.05) is 48.9 Å². The first-order valence-corrected chi connectivity index (χ1v) is 10.2. The Bertz CT molecular complexity index is 1260. The van der Waals surface area contributed by atoms with Crippen molar-refractivity contribution in [3.8, 4) is 39.7 Å². The van der Waals surface area contributed by atoms with Crippen molar-refractivity contribution in [3.63, 3.8) is 0 Å². The van der Waals surface area contributed by atoms with Crippen LogP contribution in [0, 0.1) is 12.8 Å². The number of pyridine rings is 1. The number of nitrogens with zero attached hydrogens (tertiary/aromatic N) is 6. The number of aryl methyl sites for hydroxylation is 1. The second-order valence-corrected chi connectivity index (χ2v) is 7.96. The monoisotopic (exact) mass is 406 g/mol. The van der Waals surface area contributed by atoms with Gasteiger partial charge in [-0.1, -0.05) is 16.7 Å². The molecule has 0 spiro atoms. The van der Waals surface area contributed by atoms with Gasteiger partial charge in [-0.05, 0) is 49.9 Å². The Kier molecular flexibility index (Phi) is 4.88. The topological polar surface area (TPSA) is 70.7 Å². The number of hydrogen-bond donors (Lipinski definition) is 0. The molecule has 0 N–H and O–H groups in total. The molecule has 9 heteroatoms. The maximum Gasteiger partial charge on any atom is 0.267 e. The lowest BCUT2D eigenvalue weighted by Gasteiger charge is -2.14. The van der Waals surface area contributed by atoms with Crippen molar-refractivity contribution >= 4 is 21.3 Å². The molecule has 0 bridgehead atoms. The van der Waals surface area contributed by atoms with E-state index in [-0.39, 0.29) is 0 Å². The number of hydrogen-bond acceptors (Lipinski definition) is 5. The number of imidazole rings is 1. The molecule has 0 unspecified atom stereocenters. The van der Waals surface area contributed by atoms with Gasteiger partial charge < -0.3 is 13.9 Å². The molecular weight excluding hydrogens is 386 g/mol. The number of ether oxygens (including phenoxy) is 1. The third kappa shape index (κ3) is 3.76. The maximum atomic E-state index is 6.15. The van der Waals surface area contributed by atoms with E-state index in [9.17, 15) is 0 Å². The predicted octanol–water partition coefficient (Wildman–Crippen LogP) is 2.23. The van der Waals surface area contributed by atoms with Crippen LogP contribution in [0.4, 0.5) is 0 Å². The van der Waals surface area contributed by atoms with Gasteiger partial charge in [0.2, 0.25) is 0 Å². The molecule has 1 aromatic carbocycles. The zero-order valence-corrected chi connectivity index (χ0v) is 17.5. The number of rotatable bonds is 6. The molecule has 31 heavy (non-hydrogen) atoms. The molecule has 0 saturated heterocycles. The lowest BCUT2D eigenvalue weighted by molar-refractivity contribution is 0.301. The molecule has 1 fully saturated rings. The van der Waals surface area contributed by atoms with Gasteiger partial charge in [0.25, 0.3) is 7.98 Å². The largest absolute Gasteiger partial charge is 0.493 e.